The molecule has 0 aliphatic rings. The monoisotopic (exact) mass is 515 g/mol. The van der Waals surface area contributed by atoms with Gasteiger partial charge in [-0.2, -0.15) is 0 Å². The van der Waals surface area contributed by atoms with Crippen LogP contribution >= 0.6 is 11.6 Å². The van der Waals surface area contributed by atoms with Gasteiger partial charge in [-0.3, -0.25) is 4.79 Å². The van der Waals surface area contributed by atoms with Crippen molar-refractivity contribution in [1.29, 1.82) is 0 Å². The van der Waals surface area contributed by atoms with Crippen molar-refractivity contribution in [2.24, 2.45) is 0 Å². The van der Waals surface area contributed by atoms with Crippen molar-refractivity contribution in [2.75, 3.05) is 6.61 Å². The lowest BCUT2D eigenvalue weighted by molar-refractivity contribution is -0.704. The third-order valence-corrected chi connectivity index (χ3v) is 6.96. The van der Waals surface area contributed by atoms with Crippen LogP contribution in [0, 0.1) is 0 Å². The number of benzene rings is 1. The number of unbranched alkanes of at least 4 members (excludes halogenated alkanes) is 11. The van der Waals surface area contributed by atoms with E-state index >= 15 is 0 Å². The highest BCUT2D eigenvalue weighted by Gasteiger charge is 2.12. The number of hydrogen-bond donors (Lipinski definition) is 1. The molecule has 1 aromatic carbocycles. The van der Waals surface area contributed by atoms with Crippen LogP contribution in [-0.2, 0) is 24.3 Å². The van der Waals surface area contributed by atoms with Crippen LogP contribution in [0.4, 0.5) is 0 Å². The molecule has 36 heavy (non-hydrogen) atoms. The van der Waals surface area contributed by atoms with E-state index in [1.807, 2.05) is 36.4 Å². The fraction of sp³-hybridized carbons (Fsp3) is 0.613. The minimum absolute atomic E-state index is 0.0334. The van der Waals surface area contributed by atoms with Gasteiger partial charge >= 0.3 is 0 Å². The normalized spacial score (nSPS) is 11.0. The predicted molar refractivity (Wildman–Crippen MR) is 151 cm³/mol. The van der Waals surface area contributed by atoms with Gasteiger partial charge in [-0.1, -0.05) is 108 Å². The Balaban J connectivity index is 1.58. The molecule has 0 aliphatic carbocycles. The summed E-state index contributed by atoms with van der Waals surface area (Å²) in [6.45, 7) is 6.59. The number of ether oxygens (including phenoxy) is 1. The first-order valence-corrected chi connectivity index (χ1v) is 14.7. The van der Waals surface area contributed by atoms with Crippen molar-refractivity contribution < 1.29 is 14.1 Å². The van der Waals surface area contributed by atoms with Crippen LogP contribution in [0.5, 0.6) is 5.75 Å². The lowest BCUT2D eigenvalue weighted by Gasteiger charge is -2.10. The van der Waals surface area contributed by atoms with Crippen LogP contribution in [0.25, 0.3) is 0 Å². The average Bonchev–Trinajstić information content (AvgIpc) is 2.88. The van der Waals surface area contributed by atoms with Gasteiger partial charge in [0.1, 0.15) is 18.8 Å². The summed E-state index contributed by atoms with van der Waals surface area (Å²) in [5, 5.41) is 3.60. The summed E-state index contributed by atoms with van der Waals surface area (Å²) in [7, 11) is 0. The van der Waals surface area contributed by atoms with Crippen molar-refractivity contribution >= 4 is 17.5 Å². The molecule has 0 fully saturated rings. The van der Waals surface area contributed by atoms with E-state index in [1.54, 1.807) is 0 Å². The van der Waals surface area contributed by atoms with E-state index in [9.17, 15) is 4.79 Å². The number of halogens is 1. The third kappa shape index (κ3) is 12.8. The van der Waals surface area contributed by atoms with Crippen LogP contribution in [0.1, 0.15) is 109 Å². The van der Waals surface area contributed by atoms with E-state index in [2.05, 4.69) is 29.9 Å². The summed E-state index contributed by atoms with van der Waals surface area (Å²) in [6.07, 6.45) is 19.4. The van der Waals surface area contributed by atoms with Gasteiger partial charge < -0.3 is 10.1 Å². The van der Waals surface area contributed by atoms with Crippen molar-refractivity contribution in [3.05, 3.63) is 58.9 Å². The van der Waals surface area contributed by atoms with Crippen molar-refractivity contribution in [3.8, 4) is 5.75 Å². The largest absolute Gasteiger partial charge is 0.494 e. The minimum Gasteiger partial charge on any atom is -0.494 e. The van der Waals surface area contributed by atoms with Crippen molar-refractivity contribution in [2.45, 2.75) is 117 Å². The number of aromatic nitrogens is 1. The molecule has 0 spiro atoms. The van der Waals surface area contributed by atoms with Gasteiger partial charge in [0.15, 0.2) is 6.20 Å². The highest BCUT2D eigenvalue weighted by atomic mass is 35.5. The number of nitrogens with zero attached hydrogens (tertiary/aromatic N) is 1. The molecule has 0 radical (unpaired) electrons. The molecule has 1 amide bonds. The van der Waals surface area contributed by atoms with Gasteiger partial charge in [-0.25, -0.2) is 4.57 Å². The summed E-state index contributed by atoms with van der Waals surface area (Å²) in [5.41, 5.74) is 1.92. The van der Waals surface area contributed by atoms with Gasteiger partial charge in [0, 0.05) is 23.6 Å². The summed E-state index contributed by atoms with van der Waals surface area (Å²) in [5.74, 6) is 0.742. The highest BCUT2D eigenvalue weighted by molar-refractivity contribution is 6.31. The summed E-state index contributed by atoms with van der Waals surface area (Å²) in [4.78, 5) is 12.5. The lowest BCUT2D eigenvalue weighted by Crippen LogP contribution is -2.40. The second-order valence-corrected chi connectivity index (χ2v) is 10.2. The highest BCUT2D eigenvalue weighted by Crippen LogP contribution is 2.23. The van der Waals surface area contributed by atoms with Crippen LogP contribution in [0.15, 0.2) is 42.6 Å². The standard InChI is InChI=1S/C31H47ClN2O2/c1-3-5-6-7-8-9-10-11-12-13-14-17-23-36-29-20-19-27(30(32)25-29)24-31(35)33-26-28-18-15-16-22-34(28)21-4-2/h15-16,18-20,22,25H,3-14,17,21,23-24,26H2,1-2H3/p+1. The van der Waals surface area contributed by atoms with Crippen LogP contribution in [0.2, 0.25) is 5.02 Å². The number of carbonyl (C=O) groups is 1. The Labute approximate surface area is 224 Å². The number of nitrogens with one attached hydrogen (secondary N) is 1. The minimum atomic E-state index is -0.0334. The Morgan fingerprint density at radius 2 is 1.53 bits per heavy atom. The van der Waals surface area contributed by atoms with Gasteiger partial charge in [0.2, 0.25) is 11.6 Å². The molecule has 0 unspecified atom stereocenters. The first kappa shape index (κ1) is 30.2. The number of aryl methyl sites for hydroxylation is 1. The van der Waals surface area contributed by atoms with E-state index < -0.39 is 0 Å². The Morgan fingerprint density at radius 3 is 2.17 bits per heavy atom. The zero-order chi connectivity index (χ0) is 25.8. The third-order valence-electron chi connectivity index (χ3n) is 6.61. The zero-order valence-corrected chi connectivity index (χ0v) is 23.5. The number of hydrogen-bond acceptors (Lipinski definition) is 2. The van der Waals surface area contributed by atoms with Crippen molar-refractivity contribution in [3.63, 3.8) is 0 Å². The molecule has 5 heteroatoms. The molecular weight excluding hydrogens is 468 g/mol. The second-order valence-electron chi connectivity index (χ2n) is 9.83. The Hall–Kier alpha value is -2.07. The van der Waals surface area contributed by atoms with Crippen LogP contribution < -0.4 is 14.6 Å². The molecule has 0 aliphatic heterocycles. The molecule has 1 N–H and O–H groups in total. The first-order chi connectivity index (χ1) is 17.6. The predicted octanol–water partition coefficient (Wildman–Crippen LogP) is 7.98. The molecule has 0 atom stereocenters. The SMILES string of the molecule is CCCCCCCCCCCCCCOc1ccc(CC(=O)NCc2cccc[n+]2CCC)c(Cl)c1. The van der Waals surface area contributed by atoms with E-state index in [-0.39, 0.29) is 12.3 Å². The second kappa shape index (κ2) is 19.1. The zero-order valence-electron chi connectivity index (χ0n) is 22.7. The maximum atomic E-state index is 12.5. The topological polar surface area (TPSA) is 42.2 Å². The molecule has 200 valence electrons. The maximum absolute atomic E-state index is 12.5. The van der Waals surface area contributed by atoms with Crippen LogP contribution in [0.3, 0.4) is 0 Å². The van der Waals surface area contributed by atoms with E-state index in [1.165, 1.54) is 70.6 Å². The van der Waals surface area contributed by atoms with Gasteiger partial charge in [0.05, 0.1) is 13.0 Å². The van der Waals surface area contributed by atoms with E-state index in [0.717, 1.165) is 36.4 Å². The fourth-order valence-corrected chi connectivity index (χ4v) is 4.69. The van der Waals surface area contributed by atoms with Gasteiger partial charge in [-0.15, -0.1) is 0 Å². The number of rotatable bonds is 20. The molecule has 2 aromatic rings. The lowest BCUT2D eigenvalue weighted by atomic mass is 10.1. The van der Waals surface area contributed by atoms with Gasteiger partial charge in [-0.05, 0) is 24.1 Å². The fourth-order valence-electron chi connectivity index (χ4n) is 4.45. The molecule has 4 nitrogen and oxygen atoms in total. The number of carbonyl (C=O) groups excluding carboxylic acids is 1. The maximum Gasteiger partial charge on any atom is 0.224 e. The van der Waals surface area contributed by atoms with Crippen LogP contribution in [-0.4, -0.2) is 12.5 Å². The first-order valence-electron chi connectivity index (χ1n) is 14.3. The molecule has 0 saturated carbocycles. The van der Waals surface area contributed by atoms with E-state index in [4.69, 9.17) is 16.3 Å². The quantitative estimate of drug-likeness (QED) is 0.143. The smallest absolute Gasteiger partial charge is 0.224 e. The average molecular weight is 516 g/mol. The van der Waals surface area contributed by atoms with E-state index in [0.29, 0.717) is 18.2 Å². The summed E-state index contributed by atoms with van der Waals surface area (Å²) < 4.78 is 8.07. The molecule has 0 saturated heterocycles. The molecule has 2 rings (SSSR count). The molecular formula is C31H48ClN2O2+. The van der Waals surface area contributed by atoms with Gasteiger partial charge in [0.25, 0.3) is 0 Å². The molecule has 0 bridgehead atoms. The summed E-state index contributed by atoms with van der Waals surface area (Å²) in [6, 6.07) is 11.7. The Kier molecular flexibility index (Phi) is 16.0. The number of amides is 1. The number of pyridine rings is 1. The molecule has 1 heterocycles. The van der Waals surface area contributed by atoms with Crippen molar-refractivity contribution in [1.82, 2.24) is 5.32 Å². The Bertz CT molecular complexity index is 871. The molecule has 1 aromatic heterocycles. The Morgan fingerprint density at radius 1 is 0.861 bits per heavy atom. The summed E-state index contributed by atoms with van der Waals surface area (Å²) >= 11 is 6.45.